The minimum atomic E-state index is -0.379. The van der Waals surface area contributed by atoms with Gasteiger partial charge in [0, 0.05) is 23.6 Å². The van der Waals surface area contributed by atoms with Crippen molar-refractivity contribution in [2.24, 2.45) is 0 Å². The van der Waals surface area contributed by atoms with Crippen LogP contribution < -0.4 is 11.0 Å². The van der Waals surface area contributed by atoms with E-state index in [0.29, 0.717) is 16.9 Å². The highest BCUT2D eigenvalue weighted by atomic mass is 16.2. The zero-order valence-electron chi connectivity index (χ0n) is 18.0. The zero-order valence-corrected chi connectivity index (χ0v) is 18.0. The summed E-state index contributed by atoms with van der Waals surface area (Å²) in [5.41, 5.74) is 6.72. The molecule has 0 aliphatic heterocycles. The van der Waals surface area contributed by atoms with Crippen molar-refractivity contribution in [2.45, 2.75) is 27.3 Å². The number of anilines is 1. The van der Waals surface area contributed by atoms with Gasteiger partial charge in [0.15, 0.2) is 5.65 Å². The van der Waals surface area contributed by atoms with Gasteiger partial charge < -0.3 is 5.32 Å². The monoisotopic (exact) mass is 426 g/mol. The van der Waals surface area contributed by atoms with E-state index in [1.807, 2.05) is 43.3 Å². The molecule has 3 aromatic heterocycles. The third-order valence-corrected chi connectivity index (χ3v) is 5.62. The number of nitrogens with zero attached hydrogens (tertiary/aromatic N) is 5. The van der Waals surface area contributed by atoms with Crippen LogP contribution in [0.4, 0.5) is 5.69 Å². The molecule has 0 unspecified atom stereocenters. The topological polar surface area (TPSA) is 85.7 Å². The first-order valence-corrected chi connectivity index (χ1v) is 10.3. The summed E-state index contributed by atoms with van der Waals surface area (Å²) in [5, 5.41) is 11.9. The molecule has 1 amide bonds. The van der Waals surface area contributed by atoms with Crippen molar-refractivity contribution in [1.82, 2.24) is 23.8 Å². The van der Waals surface area contributed by atoms with Crippen LogP contribution in [-0.2, 0) is 11.3 Å². The van der Waals surface area contributed by atoms with Gasteiger partial charge in [-0.05, 0) is 56.2 Å². The summed E-state index contributed by atoms with van der Waals surface area (Å²) < 4.78 is 4.30. The molecule has 0 aliphatic rings. The van der Waals surface area contributed by atoms with Crippen LogP contribution in [-0.4, -0.2) is 29.7 Å². The lowest BCUT2D eigenvalue weighted by molar-refractivity contribution is -0.117. The smallest absolute Gasteiger partial charge is 0.324 e. The maximum absolute atomic E-state index is 12.8. The van der Waals surface area contributed by atoms with E-state index < -0.39 is 0 Å². The molecule has 1 N–H and O–H groups in total. The SMILES string of the molecule is Cc1ccc(NC(=O)Cn2nc3c4cc(-c5ccc(C)c(C)c5)nn4ccn3c2=O)cc1. The molecule has 32 heavy (non-hydrogen) atoms. The third kappa shape index (κ3) is 3.45. The normalized spacial score (nSPS) is 11.3. The Morgan fingerprint density at radius 1 is 0.938 bits per heavy atom. The van der Waals surface area contributed by atoms with Gasteiger partial charge in [-0.2, -0.15) is 5.10 Å². The highest BCUT2D eigenvalue weighted by Gasteiger charge is 2.15. The lowest BCUT2D eigenvalue weighted by Gasteiger charge is -2.04. The van der Waals surface area contributed by atoms with Crippen LogP contribution in [0.1, 0.15) is 16.7 Å². The molecule has 8 nitrogen and oxygen atoms in total. The minimum Gasteiger partial charge on any atom is -0.324 e. The van der Waals surface area contributed by atoms with Gasteiger partial charge >= 0.3 is 5.69 Å². The minimum absolute atomic E-state index is 0.182. The second-order valence-electron chi connectivity index (χ2n) is 8.00. The Morgan fingerprint density at radius 3 is 2.47 bits per heavy atom. The molecule has 160 valence electrons. The van der Waals surface area contributed by atoms with Gasteiger partial charge in [0.1, 0.15) is 12.1 Å². The molecule has 0 atom stereocenters. The zero-order chi connectivity index (χ0) is 22.4. The van der Waals surface area contributed by atoms with E-state index in [1.165, 1.54) is 20.2 Å². The number of amides is 1. The first-order chi connectivity index (χ1) is 15.4. The summed E-state index contributed by atoms with van der Waals surface area (Å²) in [5.74, 6) is -0.320. The average molecular weight is 426 g/mol. The van der Waals surface area contributed by atoms with Crippen molar-refractivity contribution in [2.75, 3.05) is 5.32 Å². The van der Waals surface area contributed by atoms with Crippen molar-refractivity contribution in [3.05, 3.63) is 88.1 Å². The molecule has 0 saturated heterocycles. The van der Waals surface area contributed by atoms with Crippen LogP contribution in [0.5, 0.6) is 0 Å². The van der Waals surface area contributed by atoms with Crippen LogP contribution in [0.15, 0.2) is 65.7 Å². The second kappa shape index (κ2) is 7.49. The van der Waals surface area contributed by atoms with Gasteiger partial charge in [0.05, 0.1) is 5.69 Å². The van der Waals surface area contributed by atoms with E-state index in [4.69, 9.17) is 0 Å². The number of carbonyl (C=O) groups excluding carboxylic acids is 1. The van der Waals surface area contributed by atoms with Crippen LogP contribution in [0.25, 0.3) is 22.4 Å². The molecule has 0 radical (unpaired) electrons. The van der Waals surface area contributed by atoms with Gasteiger partial charge in [-0.15, -0.1) is 5.10 Å². The van der Waals surface area contributed by atoms with Crippen molar-refractivity contribution < 1.29 is 4.79 Å². The van der Waals surface area contributed by atoms with Crippen molar-refractivity contribution in [1.29, 1.82) is 0 Å². The quantitative estimate of drug-likeness (QED) is 0.477. The molecule has 5 aromatic rings. The summed E-state index contributed by atoms with van der Waals surface area (Å²) in [4.78, 5) is 25.3. The van der Waals surface area contributed by atoms with Gasteiger partial charge in [-0.1, -0.05) is 29.8 Å². The summed E-state index contributed by atoms with van der Waals surface area (Å²) in [6.45, 7) is 5.93. The van der Waals surface area contributed by atoms with Crippen LogP contribution >= 0.6 is 0 Å². The standard InChI is InChI=1S/C24H22N6O2/c1-15-4-8-19(9-5-15)25-22(31)14-30-24(32)28-10-11-29-21(23(28)27-30)13-20(26-29)18-7-6-16(2)17(3)12-18/h4-13H,14H2,1-3H3,(H,25,31). The number of aryl methyl sites for hydroxylation is 3. The predicted molar refractivity (Wildman–Crippen MR) is 123 cm³/mol. The lowest BCUT2D eigenvalue weighted by Crippen LogP contribution is -2.28. The first-order valence-electron chi connectivity index (χ1n) is 10.3. The fraction of sp³-hybridized carbons (Fsp3) is 0.167. The highest BCUT2D eigenvalue weighted by molar-refractivity contribution is 5.90. The molecule has 0 spiro atoms. The van der Waals surface area contributed by atoms with Gasteiger partial charge in [0.25, 0.3) is 0 Å². The molecular weight excluding hydrogens is 404 g/mol. The molecule has 8 heteroatoms. The molecule has 5 rings (SSSR count). The number of nitrogens with one attached hydrogen (secondary N) is 1. The Bertz CT molecular complexity index is 1540. The maximum Gasteiger partial charge on any atom is 0.350 e. The molecule has 0 aliphatic carbocycles. The number of hydrogen-bond acceptors (Lipinski definition) is 4. The van der Waals surface area contributed by atoms with Gasteiger partial charge in [-0.3, -0.25) is 4.79 Å². The second-order valence-corrected chi connectivity index (χ2v) is 8.00. The summed E-state index contributed by atoms with van der Waals surface area (Å²) in [6.07, 6.45) is 3.33. The van der Waals surface area contributed by atoms with Crippen molar-refractivity contribution in [3.63, 3.8) is 0 Å². The van der Waals surface area contributed by atoms with Crippen molar-refractivity contribution >= 4 is 22.8 Å². The third-order valence-electron chi connectivity index (χ3n) is 5.62. The predicted octanol–water partition coefficient (Wildman–Crippen LogP) is 3.37. The largest absolute Gasteiger partial charge is 0.350 e. The lowest BCUT2D eigenvalue weighted by atomic mass is 10.0. The van der Waals surface area contributed by atoms with E-state index in [0.717, 1.165) is 16.8 Å². The van der Waals surface area contributed by atoms with Crippen LogP contribution in [0.2, 0.25) is 0 Å². The summed E-state index contributed by atoms with van der Waals surface area (Å²) in [7, 11) is 0. The molecular formula is C24H22N6O2. The number of fused-ring (bicyclic) bond motifs is 3. The number of benzene rings is 2. The molecule has 0 fully saturated rings. The molecule has 0 bridgehead atoms. The Labute approximate surface area is 183 Å². The fourth-order valence-corrected chi connectivity index (χ4v) is 3.65. The number of hydrogen-bond donors (Lipinski definition) is 1. The van der Waals surface area contributed by atoms with E-state index >= 15 is 0 Å². The summed E-state index contributed by atoms with van der Waals surface area (Å²) in [6, 6.07) is 15.6. The van der Waals surface area contributed by atoms with E-state index in [1.54, 1.807) is 16.9 Å². The van der Waals surface area contributed by atoms with Gasteiger partial charge in [-0.25, -0.2) is 18.4 Å². The highest BCUT2D eigenvalue weighted by Crippen LogP contribution is 2.23. The van der Waals surface area contributed by atoms with Crippen LogP contribution in [0.3, 0.4) is 0 Å². The summed E-state index contributed by atoms with van der Waals surface area (Å²) >= 11 is 0. The Hall–Kier alpha value is -4.20. The van der Waals surface area contributed by atoms with Crippen LogP contribution in [0, 0.1) is 20.8 Å². The molecule has 0 saturated carbocycles. The first kappa shape index (κ1) is 19.7. The molecule has 2 aromatic carbocycles. The van der Waals surface area contributed by atoms with Gasteiger partial charge in [0.2, 0.25) is 5.91 Å². The van der Waals surface area contributed by atoms with E-state index in [-0.39, 0.29) is 18.1 Å². The number of aromatic nitrogens is 5. The van der Waals surface area contributed by atoms with Crippen molar-refractivity contribution in [3.8, 4) is 11.3 Å². The Morgan fingerprint density at radius 2 is 1.72 bits per heavy atom. The number of rotatable bonds is 4. The Balaban J connectivity index is 1.49. The van der Waals surface area contributed by atoms with E-state index in [2.05, 4.69) is 41.5 Å². The molecule has 3 heterocycles. The maximum atomic E-state index is 12.8. The van der Waals surface area contributed by atoms with E-state index in [9.17, 15) is 9.59 Å². The number of carbonyl (C=O) groups is 1. The Kier molecular flexibility index (Phi) is 4.62. The average Bonchev–Trinajstić information content (AvgIpc) is 3.33. The fourth-order valence-electron chi connectivity index (χ4n) is 3.65.